The first kappa shape index (κ1) is 14.1. The Balaban J connectivity index is 1.63. The van der Waals surface area contributed by atoms with Gasteiger partial charge < -0.3 is 9.73 Å². The summed E-state index contributed by atoms with van der Waals surface area (Å²) in [6.45, 7) is 0.354. The summed E-state index contributed by atoms with van der Waals surface area (Å²) >= 11 is 0. The van der Waals surface area contributed by atoms with Gasteiger partial charge in [0.15, 0.2) is 5.58 Å². The smallest absolute Gasteiger partial charge is 0.408 e. The molecule has 112 valence electrons. The molecule has 3 aromatic rings. The molecule has 1 heterocycles. The largest absolute Gasteiger partial charge is 0.417 e. The average Bonchev–Trinajstić information content (AvgIpc) is 2.87. The van der Waals surface area contributed by atoms with Crippen molar-refractivity contribution in [2.45, 2.75) is 6.42 Å². The van der Waals surface area contributed by atoms with Crippen molar-refractivity contribution in [3.8, 4) is 0 Å². The Morgan fingerprint density at radius 2 is 2.05 bits per heavy atom. The number of amides is 1. The van der Waals surface area contributed by atoms with E-state index in [4.69, 9.17) is 4.42 Å². The van der Waals surface area contributed by atoms with Crippen molar-refractivity contribution in [1.29, 1.82) is 0 Å². The molecule has 0 aliphatic rings. The van der Waals surface area contributed by atoms with E-state index in [1.54, 1.807) is 18.2 Å². The van der Waals surface area contributed by atoms with Gasteiger partial charge in [-0.2, -0.15) is 0 Å². The second kappa shape index (κ2) is 5.85. The average molecular weight is 300 g/mol. The number of aromatic amines is 1. The molecule has 1 aromatic heterocycles. The van der Waals surface area contributed by atoms with E-state index in [0.717, 1.165) is 5.56 Å². The monoisotopic (exact) mass is 300 g/mol. The molecule has 6 heteroatoms. The van der Waals surface area contributed by atoms with Crippen molar-refractivity contribution in [2.24, 2.45) is 0 Å². The van der Waals surface area contributed by atoms with Gasteiger partial charge in [0.05, 0.1) is 11.1 Å². The SMILES string of the molecule is O=C(NCCc1ccc2[nH]c(=O)oc2c1)c1ccccc1F. The Morgan fingerprint density at radius 1 is 1.23 bits per heavy atom. The Labute approximate surface area is 124 Å². The van der Waals surface area contributed by atoms with Gasteiger partial charge in [0.25, 0.3) is 5.91 Å². The van der Waals surface area contributed by atoms with Crippen LogP contribution in [0.1, 0.15) is 15.9 Å². The van der Waals surface area contributed by atoms with E-state index >= 15 is 0 Å². The van der Waals surface area contributed by atoms with Crippen LogP contribution in [0.5, 0.6) is 0 Å². The quantitative estimate of drug-likeness (QED) is 0.776. The van der Waals surface area contributed by atoms with Crippen LogP contribution in [0.25, 0.3) is 11.1 Å². The third-order valence-corrected chi connectivity index (χ3v) is 3.30. The number of fused-ring (bicyclic) bond motifs is 1. The molecular formula is C16H13FN2O3. The Hall–Kier alpha value is -2.89. The number of carbonyl (C=O) groups is 1. The summed E-state index contributed by atoms with van der Waals surface area (Å²) in [4.78, 5) is 25.5. The normalized spacial score (nSPS) is 10.8. The zero-order valence-corrected chi connectivity index (χ0v) is 11.6. The summed E-state index contributed by atoms with van der Waals surface area (Å²) in [5.41, 5.74) is 2.03. The zero-order chi connectivity index (χ0) is 15.5. The Morgan fingerprint density at radius 3 is 2.86 bits per heavy atom. The number of nitrogens with one attached hydrogen (secondary N) is 2. The maximum absolute atomic E-state index is 13.5. The molecule has 0 aliphatic heterocycles. The van der Waals surface area contributed by atoms with Gasteiger partial charge in [0.2, 0.25) is 0 Å². The van der Waals surface area contributed by atoms with Gasteiger partial charge in [-0.05, 0) is 36.2 Å². The topological polar surface area (TPSA) is 75.1 Å². The minimum atomic E-state index is -0.546. The molecule has 0 bridgehead atoms. The predicted molar refractivity (Wildman–Crippen MR) is 79.3 cm³/mol. The minimum Gasteiger partial charge on any atom is -0.408 e. The summed E-state index contributed by atoms with van der Waals surface area (Å²) in [5.74, 6) is -1.50. The molecular weight excluding hydrogens is 287 g/mol. The third kappa shape index (κ3) is 2.90. The summed E-state index contributed by atoms with van der Waals surface area (Å²) in [6.07, 6.45) is 0.547. The molecule has 1 amide bonds. The van der Waals surface area contributed by atoms with Crippen LogP contribution < -0.4 is 11.1 Å². The van der Waals surface area contributed by atoms with E-state index in [0.29, 0.717) is 24.1 Å². The zero-order valence-electron chi connectivity index (χ0n) is 11.6. The number of rotatable bonds is 4. The molecule has 3 rings (SSSR count). The maximum atomic E-state index is 13.5. The first-order valence-corrected chi connectivity index (χ1v) is 6.78. The van der Waals surface area contributed by atoms with Crippen molar-refractivity contribution in [2.75, 3.05) is 6.54 Å². The third-order valence-electron chi connectivity index (χ3n) is 3.30. The molecule has 0 saturated carbocycles. The lowest BCUT2D eigenvalue weighted by Gasteiger charge is -2.06. The van der Waals surface area contributed by atoms with Crippen LogP contribution in [0.2, 0.25) is 0 Å². The summed E-state index contributed by atoms with van der Waals surface area (Å²) < 4.78 is 18.4. The van der Waals surface area contributed by atoms with E-state index in [9.17, 15) is 14.0 Å². The van der Waals surface area contributed by atoms with Gasteiger partial charge in [0, 0.05) is 6.54 Å². The molecule has 0 atom stereocenters. The lowest BCUT2D eigenvalue weighted by molar-refractivity contribution is 0.0950. The number of hydrogen-bond donors (Lipinski definition) is 2. The van der Waals surface area contributed by atoms with Gasteiger partial charge in [-0.25, -0.2) is 9.18 Å². The van der Waals surface area contributed by atoms with Crippen molar-refractivity contribution >= 4 is 17.0 Å². The number of H-pyrrole nitrogens is 1. The van der Waals surface area contributed by atoms with Crippen LogP contribution in [0.15, 0.2) is 51.7 Å². The first-order chi connectivity index (χ1) is 10.6. The van der Waals surface area contributed by atoms with E-state index in [2.05, 4.69) is 10.3 Å². The molecule has 0 saturated heterocycles. The van der Waals surface area contributed by atoms with Crippen LogP contribution in [-0.2, 0) is 6.42 Å². The van der Waals surface area contributed by atoms with Crippen molar-refractivity contribution < 1.29 is 13.6 Å². The van der Waals surface area contributed by atoms with Gasteiger partial charge in [-0.3, -0.25) is 9.78 Å². The van der Waals surface area contributed by atoms with Crippen LogP contribution in [0.4, 0.5) is 4.39 Å². The molecule has 5 nitrogen and oxygen atoms in total. The molecule has 22 heavy (non-hydrogen) atoms. The standard InChI is InChI=1S/C16H13FN2O3/c17-12-4-2-1-3-11(12)15(20)18-8-7-10-5-6-13-14(9-10)22-16(21)19-13/h1-6,9H,7-8H2,(H,18,20)(H,19,21). The molecule has 2 N–H and O–H groups in total. The molecule has 0 fully saturated rings. The second-order valence-electron chi connectivity index (χ2n) is 4.83. The highest BCUT2D eigenvalue weighted by molar-refractivity contribution is 5.94. The molecule has 0 radical (unpaired) electrons. The summed E-state index contributed by atoms with van der Waals surface area (Å²) in [7, 11) is 0. The fourth-order valence-corrected chi connectivity index (χ4v) is 2.21. The predicted octanol–water partition coefficient (Wildman–Crippen LogP) is 2.23. The van der Waals surface area contributed by atoms with E-state index in [-0.39, 0.29) is 5.56 Å². The van der Waals surface area contributed by atoms with Gasteiger partial charge >= 0.3 is 5.76 Å². The first-order valence-electron chi connectivity index (χ1n) is 6.78. The molecule has 0 spiro atoms. The van der Waals surface area contributed by atoms with Crippen molar-refractivity contribution in [3.05, 3.63) is 70.0 Å². The fraction of sp³-hybridized carbons (Fsp3) is 0.125. The summed E-state index contributed by atoms with van der Waals surface area (Å²) in [6, 6.07) is 11.1. The lowest BCUT2D eigenvalue weighted by atomic mass is 10.1. The van der Waals surface area contributed by atoms with Crippen LogP contribution in [0, 0.1) is 5.82 Å². The highest BCUT2D eigenvalue weighted by Gasteiger charge is 2.10. The maximum Gasteiger partial charge on any atom is 0.417 e. The number of oxazole rings is 1. The number of carbonyl (C=O) groups excluding carboxylic acids is 1. The van der Waals surface area contributed by atoms with Gasteiger partial charge in [-0.15, -0.1) is 0 Å². The Kier molecular flexibility index (Phi) is 3.74. The number of halogens is 1. The van der Waals surface area contributed by atoms with Crippen LogP contribution in [0.3, 0.4) is 0 Å². The van der Waals surface area contributed by atoms with E-state index in [1.165, 1.54) is 18.2 Å². The second-order valence-corrected chi connectivity index (χ2v) is 4.83. The number of aromatic nitrogens is 1. The van der Waals surface area contributed by atoms with Crippen molar-refractivity contribution in [1.82, 2.24) is 10.3 Å². The van der Waals surface area contributed by atoms with Gasteiger partial charge in [-0.1, -0.05) is 18.2 Å². The number of hydrogen-bond acceptors (Lipinski definition) is 3. The highest BCUT2D eigenvalue weighted by atomic mass is 19.1. The lowest BCUT2D eigenvalue weighted by Crippen LogP contribution is -2.26. The highest BCUT2D eigenvalue weighted by Crippen LogP contribution is 2.12. The minimum absolute atomic E-state index is 0.0228. The van der Waals surface area contributed by atoms with Crippen LogP contribution >= 0.6 is 0 Å². The van der Waals surface area contributed by atoms with Crippen LogP contribution in [-0.4, -0.2) is 17.4 Å². The summed E-state index contributed by atoms with van der Waals surface area (Å²) in [5, 5.41) is 2.66. The molecule has 0 aliphatic carbocycles. The van der Waals surface area contributed by atoms with Gasteiger partial charge in [0.1, 0.15) is 5.82 Å². The Bertz CT molecular complexity index is 882. The van der Waals surface area contributed by atoms with E-state index < -0.39 is 17.5 Å². The van der Waals surface area contributed by atoms with Crippen molar-refractivity contribution in [3.63, 3.8) is 0 Å². The fourth-order valence-electron chi connectivity index (χ4n) is 2.21. The number of benzene rings is 2. The molecule has 0 unspecified atom stereocenters. The van der Waals surface area contributed by atoms with E-state index in [1.807, 2.05) is 6.07 Å². The molecule has 2 aromatic carbocycles.